The summed E-state index contributed by atoms with van der Waals surface area (Å²) in [6, 6.07) is 10.0. The minimum atomic E-state index is 0. The van der Waals surface area contributed by atoms with E-state index in [1.165, 1.54) is 0 Å². The van der Waals surface area contributed by atoms with Gasteiger partial charge in [0.25, 0.3) is 0 Å². The first kappa shape index (κ1) is 13.8. The SMILES string of the molecule is CC(C)OCl.[V].c1cc[cH-]c1. The van der Waals surface area contributed by atoms with Gasteiger partial charge in [0, 0.05) is 18.6 Å². The van der Waals surface area contributed by atoms with Crippen LogP contribution in [0.5, 0.6) is 0 Å². The van der Waals surface area contributed by atoms with E-state index in [0.29, 0.717) is 0 Å². The number of rotatable bonds is 1. The third-order valence-electron chi connectivity index (χ3n) is 0.734. The summed E-state index contributed by atoms with van der Waals surface area (Å²) in [4.78, 5) is 0. The van der Waals surface area contributed by atoms with Crippen LogP contribution in [-0.2, 0) is 22.8 Å². The molecule has 0 aliphatic heterocycles. The molecule has 0 bridgehead atoms. The van der Waals surface area contributed by atoms with Crippen molar-refractivity contribution >= 4 is 11.9 Å². The first-order valence-electron chi connectivity index (χ1n) is 3.21. The summed E-state index contributed by atoms with van der Waals surface area (Å²) in [5.41, 5.74) is 0. The second kappa shape index (κ2) is 10.2. The second-order valence-electron chi connectivity index (χ2n) is 2.10. The van der Waals surface area contributed by atoms with Crippen LogP contribution < -0.4 is 0 Å². The molecule has 3 heteroatoms. The Morgan fingerprint density at radius 1 is 1.27 bits per heavy atom. The van der Waals surface area contributed by atoms with Crippen LogP contribution in [-0.4, -0.2) is 6.10 Å². The Bertz CT molecular complexity index is 111. The van der Waals surface area contributed by atoms with Crippen molar-refractivity contribution < 1.29 is 22.8 Å². The standard InChI is InChI=1S/C5H5.C3H7ClO.V/c1-2-4-5-3-1;1-3(2)5-4;/h1-5H;3H,1-2H3;/q-1;;. The largest absolute Gasteiger partial charge is 0.276 e. The first-order valence-corrected chi connectivity index (χ1v) is 3.52. The molecule has 0 unspecified atom stereocenters. The summed E-state index contributed by atoms with van der Waals surface area (Å²) in [5.74, 6) is 0. The van der Waals surface area contributed by atoms with Crippen LogP contribution in [0.25, 0.3) is 0 Å². The van der Waals surface area contributed by atoms with Gasteiger partial charge in [-0.25, -0.2) is 12.1 Å². The van der Waals surface area contributed by atoms with Gasteiger partial charge < -0.3 is 0 Å². The van der Waals surface area contributed by atoms with Crippen molar-refractivity contribution in [1.82, 2.24) is 0 Å². The van der Waals surface area contributed by atoms with Gasteiger partial charge in [0.2, 0.25) is 0 Å². The smallest absolute Gasteiger partial charge is 0.0734 e. The Labute approximate surface area is 85.1 Å². The molecular formula is C8H12ClOV-. The van der Waals surface area contributed by atoms with E-state index in [0.717, 1.165) is 0 Å². The number of halogens is 1. The van der Waals surface area contributed by atoms with E-state index in [1.807, 2.05) is 44.2 Å². The van der Waals surface area contributed by atoms with Crippen LogP contribution in [0.3, 0.4) is 0 Å². The van der Waals surface area contributed by atoms with Crippen LogP contribution >= 0.6 is 11.9 Å². The van der Waals surface area contributed by atoms with E-state index in [1.54, 1.807) is 0 Å². The minimum Gasteiger partial charge on any atom is -0.276 e. The van der Waals surface area contributed by atoms with Crippen molar-refractivity contribution in [3.05, 3.63) is 30.3 Å². The maximum atomic E-state index is 4.84. The van der Waals surface area contributed by atoms with E-state index in [-0.39, 0.29) is 24.7 Å². The Morgan fingerprint density at radius 3 is 1.73 bits per heavy atom. The molecule has 0 saturated heterocycles. The molecule has 0 amide bonds. The summed E-state index contributed by atoms with van der Waals surface area (Å²) >= 11 is 4.84. The molecular weight excluding hydrogens is 198 g/mol. The predicted molar refractivity (Wildman–Crippen MR) is 44.1 cm³/mol. The summed E-state index contributed by atoms with van der Waals surface area (Å²) in [6.07, 6.45) is 0.150. The van der Waals surface area contributed by atoms with Crippen LogP contribution in [0.2, 0.25) is 0 Å². The van der Waals surface area contributed by atoms with Gasteiger partial charge in [-0.05, 0) is 13.8 Å². The van der Waals surface area contributed by atoms with Gasteiger partial charge in [-0.1, -0.05) is 0 Å². The molecule has 11 heavy (non-hydrogen) atoms. The van der Waals surface area contributed by atoms with Gasteiger partial charge in [0.15, 0.2) is 0 Å². The van der Waals surface area contributed by atoms with E-state index < -0.39 is 0 Å². The van der Waals surface area contributed by atoms with Crippen LogP contribution in [0.15, 0.2) is 30.3 Å². The van der Waals surface area contributed by atoms with Crippen molar-refractivity contribution in [3.63, 3.8) is 0 Å². The first-order chi connectivity index (χ1) is 4.77. The molecule has 1 radical (unpaired) electrons. The fourth-order valence-electron chi connectivity index (χ4n) is 0.321. The normalized spacial score (nSPS) is 8.00. The summed E-state index contributed by atoms with van der Waals surface area (Å²) in [7, 11) is 0. The summed E-state index contributed by atoms with van der Waals surface area (Å²) in [6.45, 7) is 3.74. The topological polar surface area (TPSA) is 9.23 Å². The van der Waals surface area contributed by atoms with Crippen molar-refractivity contribution in [1.29, 1.82) is 0 Å². The Kier molecular flexibility index (Phi) is 12.7. The molecule has 1 aromatic carbocycles. The Morgan fingerprint density at radius 2 is 1.64 bits per heavy atom. The maximum absolute atomic E-state index is 4.84. The van der Waals surface area contributed by atoms with E-state index in [2.05, 4.69) is 4.29 Å². The molecule has 0 aromatic heterocycles. The van der Waals surface area contributed by atoms with E-state index in [9.17, 15) is 0 Å². The van der Waals surface area contributed by atoms with Crippen molar-refractivity contribution in [3.8, 4) is 0 Å². The average molecular weight is 211 g/mol. The monoisotopic (exact) mass is 210 g/mol. The molecule has 0 heterocycles. The van der Waals surface area contributed by atoms with E-state index in [4.69, 9.17) is 11.9 Å². The molecule has 0 atom stereocenters. The maximum Gasteiger partial charge on any atom is 0.0734 e. The van der Waals surface area contributed by atoms with Crippen LogP contribution in [0, 0.1) is 0 Å². The molecule has 0 saturated carbocycles. The zero-order valence-corrected chi connectivity index (χ0v) is 8.85. The average Bonchev–Trinajstić information content (AvgIpc) is 2.43. The van der Waals surface area contributed by atoms with Gasteiger partial charge in [-0.2, -0.15) is 18.2 Å². The third-order valence-corrected chi connectivity index (χ3v) is 1.09. The molecule has 1 aromatic rings. The minimum absolute atomic E-state index is 0. The molecule has 0 N–H and O–H groups in total. The van der Waals surface area contributed by atoms with Crippen molar-refractivity contribution in [2.45, 2.75) is 20.0 Å². The molecule has 0 fully saturated rings. The second-order valence-corrected chi connectivity index (χ2v) is 2.28. The molecule has 1 rings (SSSR count). The van der Waals surface area contributed by atoms with Gasteiger partial charge in [-0.15, -0.1) is 0 Å². The zero-order valence-electron chi connectivity index (χ0n) is 6.70. The molecule has 0 spiro atoms. The van der Waals surface area contributed by atoms with Crippen LogP contribution in [0.1, 0.15) is 13.8 Å². The Hall–Kier alpha value is 0.184. The van der Waals surface area contributed by atoms with Gasteiger partial charge in [0.05, 0.1) is 18.0 Å². The third kappa shape index (κ3) is 13.2. The van der Waals surface area contributed by atoms with Gasteiger partial charge in [0.1, 0.15) is 0 Å². The van der Waals surface area contributed by atoms with Gasteiger partial charge >= 0.3 is 0 Å². The van der Waals surface area contributed by atoms with Crippen molar-refractivity contribution in [2.24, 2.45) is 0 Å². The zero-order chi connectivity index (χ0) is 7.82. The molecule has 0 aliphatic carbocycles. The fourth-order valence-corrected chi connectivity index (χ4v) is 0.321. The van der Waals surface area contributed by atoms with Crippen LogP contribution in [0.4, 0.5) is 0 Å². The number of hydrogen-bond donors (Lipinski definition) is 0. The van der Waals surface area contributed by atoms with E-state index >= 15 is 0 Å². The molecule has 0 aliphatic rings. The van der Waals surface area contributed by atoms with Crippen molar-refractivity contribution in [2.75, 3.05) is 0 Å². The molecule has 1 nitrogen and oxygen atoms in total. The van der Waals surface area contributed by atoms with Gasteiger partial charge in [-0.3, -0.25) is 4.29 Å². The quantitative estimate of drug-likeness (QED) is 0.648. The predicted octanol–water partition coefficient (Wildman–Crippen LogP) is 2.97. The summed E-state index contributed by atoms with van der Waals surface area (Å²) < 4.78 is 4.22. The fraction of sp³-hybridized carbons (Fsp3) is 0.375. The summed E-state index contributed by atoms with van der Waals surface area (Å²) in [5, 5.41) is 0. The Balaban J connectivity index is 0. The number of hydrogen-bond acceptors (Lipinski definition) is 1. The molecule has 63 valence electrons.